The number of hydrogen-bond acceptors (Lipinski definition) is 12. The Hall–Kier alpha value is -7.74. The molecule has 4 amide bonds. The van der Waals surface area contributed by atoms with Gasteiger partial charge in [-0.1, -0.05) is 62.8 Å². The number of nitrogens with one attached hydrogen (secondary N) is 4. The number of rotatable bonds is 13. The molecular formula is C53H57FN10O8S. The molecule has 0 radical (unpaired) electrons. The van der Waals surface area contributed by atoms with Crippen LogP contribution in [0, 0.1) is 24.6 Å². The van der Waals surface area contributed by atoms with Crippen molar-refractivity contribution in [2.45, 2.75) is 90.7 Å². The first-order chi connectivity index (χ1) is 35.2. The highest BCUT2D eigenvalue weighted by atomic mass is 32.1. The number of hydrogen-bond donors (Lipinski definition) is 4. The van der Waals surface area contributed by atoms with Crippen molar-refractivity contribution in [1.29, 1.82) is 0 Å². The van der Waals surface area contributed by atoms with Crippen LogP contribution in [0.1, 0.15) is 93.9 Å². The maximum Gasteiger partial charge on any atom is 0.407 e. The van der Waals surface area contributed by atoms with Crippen molar-refractivity contribution < 1.29 is 42.5 Å². The molecule has 7 heterocycles. The van der Waals surface area contributed by atoms with E-state index in [2.05, 4.69) is 20.6 Å². The summed E-state index contributed by atoms with van der Waals surface area (Å²) in [7, 11) is 2.53. The van der Waals surface area contributed by atoms with E-state index in [1.807, 2.05) is 87.7 Å². The second kappa shape index (κ2) is 20.0. The van der Waals surface area contributed by atoms with Crippen molar-refractivity contribution in [3.63, 3.8) is 0 Å². The van der Waals surface area contributed by atoms with Crippen LogP contribution >= 0.6 is 11.3 Å². The molecule has 73 heavy (non-hydrogen) atoms. The van der Waals surface area contributed by atoms with Crippen LogP contribution in [0.3, 0.4) is 0 Å². The van der Waals surface area contributed by atoms with Gasteiger partial charge in [0.15, 0.2) is 5.01 Å². The number of methoxy groups -OCH3 is 2. The van der Waals surface area contributed by atoms with Crippen molar-refractivity contribution in [3.05, 3.63) is 107 Å². The van der Waals surface area contributed by atoms with Crippen LogP contribution in [0.2, 0.25) is 0 Å². The van der Waals surface area contributed by atoms with E-state index in [0.717, 1.165) is 40.6 Å². The zero-order valence-electron chi connectivity index (χ0n) is 41.5. The van der Waals surface area contributed by atoms with Crippen molar-refractivity contribution in [1.82, 2.24) is 49.9 Å². The number of amides is 4. The van der Waals surface area contributed by atoms with Gasteiger partial charge in [-0.05, 0) is 86.9 Å². The minimum atomic E-state index is -0.822. The summed E-state index contributed by atoms with van der Waals surface area (Å²) in [5.74, 6) is 0.828. The van der Waals surface area contributed by atoms with Gasteiger partial charge >= 0.3 is 12.2 Å². The van der Waals surface area contributed by atoms with Crippen LogP contribution in [0.5, 0.6) is 16.6 Å². The Morgan fingerprint density at radius 3 is 1.92 bits per heavy atom. The lowest BCUT2D eigenvalue weighted by molar-refractivity contribution is -0.136. The molecule has 20 heteroatoms. The number of carbonyl (C=O) groups is 4. The number of nitrogens with zero attached hydrogens (tertiary/aromatic N) is 6. The standard InChI is InChI=1S/C53H57FN10O8S/c1-27(2)44(60-52(67)69-6)49(65)62-18-8-10-38(62)46-55-24-35(58-46)30-14-17-37-32(20-30)22-40-43-34(54)21-31(23-41(43)72-51(64(37)40)48-57-26-42(73-48)71-33-15-12-29(5)13-16-33)36-25-56-47(59-36)39-11-9-19-63(39)50(66)45(28(3)4)61-53(68)70-7/h12-17,20-28,38-39,44-45,51H,8-11,18-19H2,1-7H3,(H,55,58)(H,56,59)(H,60,67)(H,61,68)/t38-,39-,44-,45-,51?/m0/s1. The summed E-state index contributed by atoms with van der Waals surface area (Å²) in [6.45, 7) is 10.5. The fourth-order valence-electron chi connectivity index (χ4n) is 10.1. The highest BCUT2D eigenvalue weighted by Crippen LogP contribution is 2.49. The number of fused-ring (bicyclic) bond motifs is 5. The SMILES string of the molecule is COC(=O)N[C@H](C(=O)N1CCC[C@H]1c1ncc(-c2cc(F)c3c(c2)OC(c2ncc(Oc4ccc(C)cc4)s2)n2c-3cc3cc(-c4cnc([C@@H]5CCCN5C(=O)[C@@H](NC(=O)OC)C(C)C)[nH]4)ccc32)[nH]1)C(C)C. The largest absolute Gasteiger partial charge is 0.462 e. The number of thiazole rings is 1. The summed E-state index contributed by atoms with van der Waals surface area (Å²) in [6, 6.07) is 16.6. The molecule has 7 aromatic rings. The van der Waals surface area contributed by atoms with Crippen LogP contribution in [0.4, 0.5) is 14.0 Å². The number of imidazole rings is 2. The maximum absolute atomic E-state index is 17.0. The van der Waals surface area contributed by atoms with Crippen LogP contribution in [0.25, 0.3) is 44.7 Å². The molecular weight excluding hydrogens is 956 g/mol. The van der Waals surface area contributed by atoms with E-state index in [0.29, 0.717) is 76.1 Å². The zero-order chi connectivity index (χ0) is 51.2. The minimum Gasteiger partial charge on any atom is -0.462 e. The summed E-state index contributed by atoms with van der Waals surface area (Å²) in [5, 5.41) is 7.32. The Morgan fingerprint density at radius 2 is 1.34 bits per heavy atom. The van der Waals surface area contributed by atoms with E-state index in [-0.39, 0.29) is 41.3 Å². The topological polar surface area (TPSA) is 211 Å². The number of carbonyl (C=O) groups excluding carboxylic acids is 4. The molecule has 2 saturated heterocycles. The summed E-state index contributed by atoms with van der Waals surface area (Å²) in [5.41, 5.74) is 5.30. The predicted octanol–water partition coefficient (Wildman–Crippen LogP) is 9.81. The van der Waals surface area contributed by atoms with Gasteiger partial charge in [0, 0.05) is 29.6 Å². The van der Waals surface area contributed by atoms with Gasteiger partial charge in [0.1, 0.15) is 41.0 Å². The van der Waals surface area contributed by atoms with E-state index >= 15 is 4.39 Å². The quantitative estimate of drug-likeness (QED) is 0.0854. The summed E-state index contributed by atoms with van der Waals surface area (Å²) in [4.78, 5) is 76.7. The molecule has 3 aliphatic rings. The highest BCUT2D eigenvalue weighted by Gasteiger charge is 2.40. The van der Waals surface area contributed by atoms with E-state index in [9.17, 15) is 19.2 Å². The van der Waals surface area contributed by atoms with Gasteiger partial charge in [-0.3, -0.25) is 14.2 Å². The highest BCUT2D eigenvalue weighted by molar-refractivity contribution is 7.13. The number of H-pyrrole nitrogens is 2. The van der Waals surface area contributed by atoms with Gasteiger partial charge in [0.25, 0.3) is 0 Å². The van der Waals surface area contributed by atoms with Crippen molar-refractivity contribution in [2.24, 2.45) is 11.8 Å². The molecule has 4 N–H and O–H groups in total. The molecule has 10 rings (SSSR count). The van der Waals surface area contributed by atoms with Gasteiger partial charge in [0.05, 0.1) is 73.1 Å². The second-order valence-electron chi connectivity index (χ2n) is 19.4. The lowest BCUT2D eigenvalue weighted by Gasteiger charge is -2.30. The minimum absolute atomic E-state index is 0.168. The number of benzene rings is 3. The van der Waals surface area contributed by atoms with Gasteiger partial charge in [-0.2, -0.15) is 0 Å². The third kappa shape index (κ3) is 9.46. The molecule has 3 aliphatic heterocycles. The Morgan fingerprint density at radius 1 is 0.753 bits per heavy atom. The third-order valence-corrected chi connectivity index (χ3v) is 14.8. The summed E-state index contributed by atoms with van der Waals surface area (Å²) < 4.78 is 41.7. The number of likely N-dealkylation sites (tertiary alicyclic amines) is 2. The molecule has 0 saturated carbocycles. The molecule has 2 fully saturated rings. The number of aromatic amines is 2. The molecule has 18 nitrogen and oxygen atoms in total. The van der Waals surface area contributed by atoms with Gasteiger partial charge in [-0.25, -0.2) is 28.9 Å². The number of alkyl carbamates (subject to hydrolysis) is 2. The Bertz CT molecular complexity index is 3220. The average Bonchev–Trinajstić information content (AvgIpc) is 4.25. The molecule has 380 valence electrons. The molecule has 3 aromatic carbocycles. The number of halogens is 1. The van der Waals surface area contributed by atoms with Crippen LogP contribution in [-0.2, 0) is 19.1 Å². The van der Waals surface area contributed by atoms with Crippen LogP contribution in [-0.4, -0.2) is 103 Å². The third-order valence-electron chi connectivity index (χ3n) is 13.9. The summed E-state index contributed by atoms with van der Waals surface area (Å²) >= 11 is 1.33. The van der Waals surface area contributed by atoms with Gasteiger partial charge in [-0.15, -0.1) is 0 Å². The fourth-order valence-corrected chi connectivity index (χ4v) is 10.9. The molecule has 0 aliphatic carbocycles. The Labute approximate surface area is 424 Å². The first kappa shape index (κ1) is 48.9. The molecule has 0 spiro atoms. The fraction of sp³-hybridized carbons (Fsp3) is 0.377. The first-order valence-corrected chi connectivity index (χ1v) is 25.3. The molecule has 0 bridgehead atoms. The van der Waals surface area contributed by atoms with Gasteiger partial charge in [0.2, 0.25) is 23.1 Å². The van der Waals surface area contributed by atoms with E-state index in [4.69, 9.17) is 33.9 Å². The molecule has 1 unspecified atom stereocenters. The summed E-state index contributed by atoms with van der Waals surface area (Å²) in [6.07, 6.45) is 5.75. The zero-order valence-corrected chi connectivity index (χ0v) is 42.3. The number of ether oxygens (including phenoxy) is 4. The first-order valence-electron chi connectivity index (χ1n) is 24.5. The smallest absolute Gasteiger partial charge is 0.407 e. The average molecular weight is 1010 g/mol. The number of aromatic nitrogens is 6. The Kier molecular flexibility index (Phi) is 13.4. The van der Waals surface area contributed by atoms with Crippen LogP contribution in [0.15, 0.2) is 79.3 Å². The lowest BCUT2D eigenvalue weighted by atomic mass is 10.0. The van der Waals surface area contributed by atoms with E-state index in [1.54, 1.807) is 34.5 Å². The van der Waals surface area contributed by atoms with E-state index < -0.39 is 36.3 Å². The lowest BCUT2D eigenvalue weighted by Crippen LogP contribution is -2.51. The van der Waals surface area contributed by atoms with Crippen molar-refractivity contribution in [3.8, 4) is 50.3 Å². The monoisotopic (exact) mass is 1010 g/mol. The normalized spacial score (nSPS) is 18.1. The second-order valence-corrected chi connectivity index (χ2v) is 20.4. The number of aryl methyl sites for hydroxylation is 1. The van der Waals surface area contributed by atoms with Crippen LogP contribution < -0.4 is 20.1 Å². The van der Waals surface area contributed by atoms with Crippen molar-refractivity contribution >= 4 is 46.2 Å². The van der Waals surface area contributed by atoms with Gasteiger partial charge < -0.3 is 49.3 Å². The molecule has 5 atom stereocenters. The predicted molar refractivity (Wildman–Crippen MR) is 270 cm³/mol. The molecule has 4 aromatic heterocycles. The van der Waals surface area contributed by atoms with Crippen molar-refractivity contribution in [2.75, 3.05) is 27.3 Å². The maximum atomic E-state index is 17.0. The Balaban J connectivity index is 0.981. The van der Waals surface area contributed by atoms with E-state index in [1.165, 1.54) is 31.6 Å².